The van der Waals surface area contributed by atoms with Gasteiger partial charge in [-0.05, 0) is 25.1 Å². The third-order valence-corrected chi connectivity index (χ3v) is 9.59. The first-order chi connectivity index (χ1) is 11.3. The van der Waals surface area contributed by atoms with E-state index in [4.69, 9.17) is 9.16 Å². The van der Waals surface area contributed by atoms with Gasteiger partial charge in [0.05, 0.1) is 6.61 Å². The predicted molar refractivity (Wildman–Crippen MR) is 94.2 cm³/mol. The topological polar surface area (TPSA) is 111 Å². The first-order valence-electron chi connectivity index (χ1n) is 8.13. The molecule has 25 heavy (non-hydrogen) atoms. The van der Waals surface area contributed by atoms with Gasteiger partial charge < -0.3 is 14.3 Å². The Hall–Kier alpha value is -1.71. The van der Waals surface area contributed by atoms with E-state index < -0.39 is 37.2 Å². The summed E-state index contributed by atoms with van der Waals surface area (Å²) in [4.78, 5) is 38.0. The minimum absolute atomic E-state index is 0.0757. The van der Waals surface area contributed by atoms with E-state index in [2.05, 4.69) is 25.8 Å². The summed E-state index contributed by atoms with van der Waals surface area (Å²) >= 11 is 0. The maximum Gasteiger partial charge on any atom is 0.332 e. The van der Waals surface area contributed by atoms with Crippen LogP contribution in [0.4, 0.5) is 0 Å². The van der Waals surface area contributed by atoms with E-state index in [0.29, 0.717) is 0 Å². The van der Waals surface area contributed by atoms with Gasteiger partial charge in [-0.3, -0.25) is 14.3 Å². The number of hydrogen-bond donors (Lipinski definition) is 2. The van der Waals surface area contributed by atoms with Crippen LogP contribution in [0.2, 0.25) is 18.1 Å². The van der Waals surface area contributed by atoms with Crippen molar-refractivity contribution in [1.29, 1.82) is 0 Å². The molecular formula is C16H26N2O6Si. The van der Waals surface area contributed by atoms with E-state index >= 15 is 0 Å². The van der Waals surface area contributed by atoms with Gasteiger partial charge >= 0.3 is 11.7 Å². The number of aromatic nitrogens is 2. The fourth-order valence-electron chi connectivity index (χ4n) is 2.37. The molecule has 1 saturated heterocycles. The molecule has 0 radical (unpaired) electrons. The van der Waals surface area contributed by atoms with Crippen molar-refractivity contribution in [2.45, 2.75) is 57.5 Å². The van der Waals surface area contributed by atoms with Crippen molar-refractivity contribution >= 4 is 14.3 Å². The number of cyclic esters (lactones) is 1. The Balaban J connectivity index is 2.37. The molecule has 1 aliphatic heterocycles. The number of nitrogens with zero attached hydrogens (tertiary/aromatic N) is 1. The highest BCUT2D eigenvalue weighted by molar-refractivity contribution is 6.74. The van der Waals surface area contributed by atoms with Crippen molar-refractivity contribution in [2.75, 3.05) is 13.2 Å². The summed E-state index contributed by atoms with van der Waals surface area (Å²) in [6, 6.07) is -1.26. The van der Waals surface area contributed by atoms with Gasteiger partial charge in [-0.1, -0.05) is 20.8 Å². The van der Waals surface area contributed by atoms with Crippen molar-refractivity contribution in [1.82, 2.24) is 9.55 Å². The summed E-state index contributed by atoms with van der Waals surface area (Å²) in [6.45, 7) is 11.4. The van der Waals surface area contributed by atoms with Crippen LogP contribution in [0.25, 0.3) is 0 Å². The van der Waals surface area contributed by atoms with Crippen molar-refractivity contribution in [3.8, 4) is 0 Å². The third kappa shape index (κ3) is 3.63. The number of aromatic amines is 1. The van der Waals surface area contributed by atoms with E-state index in [1.165, 1.54) is 13.1 Å². The van der Waals surface area contributed by atoms with Gasteiger partial charge in [0.15, 0.2) is 20.0 Å². The second-order valence-corrected chi connectivity index (χ2v) is 13.0. The van der Waals surface area contributed by atoms with Crippen LogP contribution in [-0.4, -0.2) is 47.8 Å². The van der Waals surface area contributed by atoms with E-state index in [-0.39, 0.29) is 23.8 Å². The molecule has 2 atom stereocenters. The lowest BCUT2D eigenvalue weighted by molar-refractivity contribution is -0.141. The average molecular weight is 370 g/mol. The van der Waals surface area contributed by atoms with E-state index in [1.54, 1.807) is 0 Å². The number of ether oxygens (including phenoxy) is 1. The van der Waals surface area contributed by atoms with Crippen molar-refractivity contribution in [3.63, 3.8) is 0 Å². The zero-order valence-electron chi connectivity index (χ0n) is 15.5. The lowest BCUT2D eigenvalue weighted by Crippen LogP contribution is -2.52. The summed E-state index contributed by atoms with van der Waals surface area (Å²) < 4.78 is 12.1. The van der Waals surface area contributed by atoms with Crippen LogP contribution in [0, 0.1) is 6.92 Å². The third-order valence-electron chi connectivity index (χ3n) is 5.11. The first-order valence-corrected chi connectivity index (χ1v) is 11.0. The van der Waals surface area contributed by atoms with Crippen LogP contribution in [0.5, 0.6) is 0 Å². The number of aryl methyl sites for hydroxylation is 1. The molecule has 1 aromatic rings. The van der Waals surface area contributed by atoms with Gasteiger partial charge in [0.25, 0.3) is 5.56 Å². The molecule has 9 heteroatoms. The summed E-state index contributed by atoms with van der Waals surface area (Å²) in [5.41, 5.74) is -2.73. The van der Waals surface area contributed by atoms with E-state index in [9.17, 15) is 19.5 Å². The normalized spacial score (nSPS) is 24.4. The molecule has 0 bridgehead atoms. The summed E-state index contributed by atoms with van der Waals surface area (Å²) in [7, 11) is -2.18. The Morgan fingerprint density at radius 3 is 2.56 bits per heavy atom. The number of esters is 1. The number of hydrogen-bond acceptors (Lipinski definition) is 6. The van der Waals surface area contributed by atoms with Crippen molar-refractivity contribution < 1.29 is 19.1 Å². The number of carbonyl (C=O) groups excluding carboxylic acids is 1. The Morgan fingerprint density at radius 1 is 1.40 bits per heavy atom. The Morgan fingerprint density at radius 2 is 2.00 bits per heavy atom. The fraction of sp³-hybridized carbons (Fsp3) is 0.688. The highest BCUT2D eigenvalue weighted by atomic mass is 28.4. The second kappa shape index (κ2) is 6.22. The molecule has 2 heterocycles. The molecule has 0 aromatic carbocycles. The molecule has 0 spiro atoms. The Bertz CT molecular complexity index is 791. The lowest BCUT2D eigenvalue weighted by Gasteiger charge is -2.39. The van der Waals surface area contributed by atoms with Gasteiger partial charge in [-0.15, -0.1) is 0 Å². The Labute approximate surface area is 146 Å². The molecule has 2 N–H and O–H groups in total. The van der Waals surface area contributed by atoms with E-state index in [1.807, 2.05) is 13.1 Å². The first kappa shape index (κ1) is 19.6. The van der Waals surface area contributed by atoms with Gasteiger partial charge in [0, 0.05) is 11.8 Å². The largest absolute Gasteiger partial charge is 0.461 e. The molecule has 1 aliphatic rings. The Kier molecular flexibility index (Phi) is 4.88. The van der Waals surface area contributed by atoms with Gasteiger partial charge in [-0.25, -0.2) is 9.59 Å². The predicted octanol–water partition coefficient (Wildman–Crippen LogP) is 0.696. The van der Waals surface area contributed by atoms with Crippen LogP contribution in [0.3, 0.4) is 0 Å². The minimum atomic E-state index is -2.18. The maximum atomic E-state index is 12.2. The smallest absolute Gasteiger partial charge is 0.332 e. The monoisotopic (exact) mass is 370 g/mol. The molecule has 2 rings (SSSR count). The van der Waals surface area contributed by atoms with Crippen LogP contribution in [0.15, 0.2) is 15.8 Å². The molecule has 1 fully saturated rings. The van der Waals surface area contributed by atoms with Crippen LogP contribution in [-0.2, 0) is 14.0 Å². The molecule has 8 nitrogen and oxygen atoms in total. The highest BCUT2D eigenvalue weighted by Crippen LogP contribution is 2.39. The summed E-state index contributed by atoms with van der Waals surface area (Å²) in [5, 5.41) is 10.9. The number of rotatable bonds is 4. The molecule has 0 saturated carbocycles. The minimum Gasteiger partial charge on any atom is -0.461 e. The zero-order valence-corrected chi connectivity index (χ0v) is 16.5. The molecule has 2 unspecified atom stereocenters. The quantitative estimate of drug-likeness (QED) is 0.596. The SMILES string of the molecule is Cc1cn(C2C(=O)OCC2(O)CO[Si](C)(C)C(C)(C)C)c(=O)[nH]c1=O. The molecule has 0 amide bonds. The van der Waals surface area contributed by atoms with Gasteiger partial charge in [0.2, 0.25) is 0 Å². The van der Waals surface area contributed by atoms with Crippen molar-refractivity contribution in [3.05, 3.63) is 32.6 Å². The van der Waals surface area contributed by atoms with Crippen molar-refractivity contribution in [2.24, 2.45) is 0 Å². The number of nitrogens with one attached hydrogen (secondary N) is 1. The molecule has 140 valence electrons. The second-order valence-electron chi connectivity index (χ2n) is 8.14. The highest BCUT2D eigenvalue weighted by Gasteiger charge is 2.53. The van der Waals surface area contributed by atoms with Gasteiger partial charge in [-0.2, -0.15) is 0 Å². The maximum absolute atomic E-state index is 12.2. The fourth-order valence-corrected chi connectivity index (χ4v) is 3.41. The van der Waals surface area contributed by atoms with Gasteiger partial charge in [0.1, 0.15) is 6.61 Å². The number of carbonyl (C=O) groups is 1. The van der Waals surface area contributed by atoms with Crippen LogP contribution in [0.1, 0.15) is 32.4 Å². The lowest BCUT2D eigenvalue weighted by atomic mass is 9.98. The van der Waals surface area contributed by atoms with E-state index in [0.717, 1.165) is 4.57 Å². The summed E-state index contributed by atoms with van der Waals surface area (Å²) in [6.07, 6.45) is 1.26. The van der Waals surface area contributed by atoms with Crippen LogP contribution >= 0.6 is 0 Å². The molecule has 0 aliphatic carbocycles. The standard InChI is InChI=1S/C16H26N2O6Si/c1-10-7-18(14(21)17-12(10)19)11-13(20)23-8-16(11,22)9-24-25(5,6)15(2,3)4/h7,11,22H,8-9H2,1-6H3,(H,17,19,21). The van der Waals surface area contributed by atoms with Crippen LogP contribution < -0.4 is 11.2 Å². The molecular weight excluding hydrogens is 344 g/mol. The average Bonchev–Trinajstić information content (AvgIpc) is 2.76. The number of H-pyrrole nitrogens is 1. The zero-order chi connectivity index (χ0) is 19.2. The number of aliphatic hydroxyl groups is 1. The summed E-state index contributed by atoms with van der Waals surface area (Å²) in [5.74, 6) is -0.727. The molecule has 1 aromatic heterocycles.